The van der Waals surface area contributed by atoms with Crippen LogP contribution in [0.15, 0.2) is 6.33 Å². The molecule has 8 heteroatoms. The molecular weight excluding hydrogens is 320 g/mol. The van der Waals surface area contributed by atoms with E-state index in [1.807, 2.05) is 21.0 Å². The van der Waals surface area contributed by atoms with E-state index in [0.29, 0.717) is 13.1 Å². The third-order valence-electron chi connectivity index (χ3n) is 4.65. The number of amides is 1. The molecule has 1 aliphatic heterocycles. The van der Waals surface area contributed by atoms with Gasteiger partial charge in [0.1, 0.15) is 18.0 Å². The van der Waals surface area contributed by atoms with Gasteiger partial charge in [0, 0.05) is 38.8 Å². The summed E-state index contributed by atoms with van der Waals surface area (Å²) in [6.45, 7) is 4.33. The highest BCUT2D eigenvalue weighted by molar-refractivity contribution is 6.02. The van der Waals surface area contributed by atoms with Gasteiger partial charge in [0.05, 0.1) is 6.07 Å². The SMILES string of the molecule is CCc1c(NC)ncnc1N(C)C1CCN(C(=O)C(C#N)C(C)=O)C1. The first-order valence-corrected chi connectivity index (χ1v) is 8.37. The largest absolute Gasteiger partial charge is 0.373 e. The third-order valence-corrected chi connectivity index (χ3v) is 4.65. The summed E-state index contributed by atoms with van der Waals surface area (Å²) < 4.78 is 0. The van der Waals surface area contributed by atoms with Crippen LogP contribution in [-0.4, -0.2) is 59.8 Å². The lowest BCUT2D eigenvalue weighted by molar-refractivity contribution is -0.137. The second-order valence-corrected chi connectivity index (χ2v) is 6.14. The fourth-order valence-corrected chi connectivity index (χ4v) is 3.18. The topological polar surface area (TPSA) is 102 Å². The number of likely N-dealkylation sites (tertiary alicyclic amines) is 1. The predicted molar refractivity (Wildman–Crippen MR) is 94.1 cm³/mol. The van der Waals surface area contributed by atoms with Gasteiger partial charge in [0.25, 0.3) is 0 Å². The van der Waals surface area contributed by atoms with Crippen molar-refractivity contribution in [2.24, 2.45) is 5.92 Å². The van der Waals surface area contributed by atoms with Gasteiger partial charge in [-0.3, -0.25) is 9.59 Å². The number of nitrogens with one attached hydrogen (secondary N) is 1. The lowest BCUT2D eigenvalue weighted by Crippen LogP contribution is -2.40. The van der Waals surface area contributed by atoms with E-state index >= 15 is 0 Å². The maximum Gasteiger partial charge on any atom is 0.247 e. The van der Waals surface area contributed by atoms with Gasteiger partial charge < -0.3 is 15.1 Å². The maximum atomic E-state index is 12.4. The molecule has 1 saturated heterocycles. The minimum absolute atomic E-state index is 0.0835. The zero-order valence-electron chi connectivity index (χ0n) is 15.1. The smallest absolute Gasteiger partial charge is 0.247 e. The lowest BCUT2D eigenvalue weighted by Gasteiger charge is -2.28. The fraction of sp³-hybridized carbons (Fsp3) is 0.588. The number of ketones is 1. The van der Waals surface area contributed by atoms with Gasteiger partial charge in [-0.25, -0.2) is 9.97 Å². The van der Waals surface area contributed by atoms with Crippen molar-refractivity contribution in [1.82, 2.24) is 14.9 Å². The molecular formula is C17H24N6O2. The summed E-state index contributed by atoms with van der Waals surface area (Å²) in [4.78, 5) is 36.2. The summed E-state index contributed by atoms with van der Waals surface area (Å²) in [5.74, 6) is -0.381. The van der Waals surface area contributed by atoms with Crippen LogP contribution >= 0.6 is 0 Å². The van der Waals surface area contributed by atoms with Gasteiger partial charge in [0.2, 0.25) is 5.91 Å². The van der Waals surface area contributed by atoms with E-state index < -0.39 is 17.6 Å². The first kappa shape index (κ1) is 18.6. The lowest BCUT2D eigenvalue weighted by atomic mass is 10.1. The number of hydrogen-bond acceptors (Lipinski definition) is 7. The van der Waals surface area contributed by atoms with E-state index in [2.05, 4.69) is 20.2 Å². The van der Waals surface area contributed by atoms with E-state index in [-0.39, 0.29) is 6.04 Å². The van der Waals surface area contributed by atoms with Gasteiger partial charge in [-0.1, -0.05) is 6.92 Å². The highest BCUT2D eigenvalue weighted by atomic mass is 16.2. The Bertz CT molecular complexity index is 699. The van der Waals surface area contributed by atoms with Crippen LogP contribution in [0.5, 0.6) is 0 Å². The van der Waals surface area contributed by atoms with E-state index in [1.54, 1.807) is 11.0 Å². The number of carbonyl (C=O) groups is 2. The number of nitriles is 1. The van der Waals surface area contributed by atoms with Crippen molar-refractivity contribution in [3.05, 3.63) is 11.9 Å². The van der Waals surface area contributed by atoms with Crippen LogP contribution in [0, 0.1) is 17.2 Å². The van der Waals surface area contributed by atoms with Crippen LogP contribution in [0.2, 0.25) is 0 Å². The minimum Gasteiger partial charge on any atom is -0.373 e. The van der Waals surface area contributed by atoms with Crippen molar-refractivity contribution in [3.63, 3.8) is 0 Å². The highest BCUT2D eigenvalue weighted by Crippen LogP contribution is 2.27. The molecule has 2 atom stereocenters. The number of anilines is 2. The monoisotopic (exact) mass is 344 g/mol. The van der Waals surface area contributed by atoms with Crippen molar-refractivity contribution in [1.29, 1.82) is 5.26 Å². The highest BCUT2D eigenvalue weighted by Gasteiger charge is 2.35. The first-order chi connectivity index (χ1) is 11.9. The van der Waals surface area contributed by atoms with Crippen LogP contribution in [0.3, 0.4) is 0 Å². The third kappa shape index (κ3) is 3.71. The standard InChI is InChI=1S/C17H24N6O2/c1-5-13-15(19-3)20-10-21-16(13)22(4)12-6-7-23(9-12)17(25)14(8-18)11(2)24/h10,12,14H,5-7,9H2,1-4H3,(H,19,20,21). The Balaban J connectivity index is 2.16. The molecule has 1 amide bonds. The van der Waals surface area contributed by atoms with E-state index in [9.17, 15) is 9.59 Å². The molecule has 0 aromatic carbocycles. The Morgan fingerprint density at radius 2 is 2.24 bits per heavy atom. The Labute approximate surface area is 147 Å². The van der Waals surface area contributed by atoms with Crippen molar-refractivity contribution in [2.75, 3.05) is 37.4 Å². The molecule has 134 valence electrons. The molecule has 0 bridgehead atoms. The molecule has 2 heterocycles. The van der Waals surface area contributed by atoms with Gasteiger partial charge in [-0.15, -0.1) is 0 Å². The van der Waals surface area contributed by atoms with E-state index in [0.717, 1.165) is 30.0 Å². The number of Topliss-reactive ketones (excluding diaryl/α,β-unsaturated/α-hetero) is 1. The number of hydrogen-bond donors (Lipinski definition) is 1. The average molecular weight is 344 g/mol. The molecule has 2 unspecified atom stereocenters. The number of likely N-dealkylation sites (N-methyl/N-ethyl adjacent to an activating group) is 1. The summed E-state index contributed by atoms with van der Waals surface area (Å²) in [5.41, 5.74) is 1.02. The number of aromatic nitrogens is 2. The van der Waals surface area contributed by atoms with Crippen LogP contribution in [-0.2, 0) is 16.0 Å². The summed E-state index contributed by atoms with van der Waals surface area (Å²) in [7, 11) is 3.78. The molecule has 0 saturated carbocycles. The van der Waals surface area contributed by atoms with Crippen molar-refractivity contribution in [2.45, 2.75) is 32.7 Å². The summed E-state index contributed by atoms with van der Waals surface area (Å²) >= 11 is 0. The molecule has 8 nitrogen and oxygen atoms in total. The van der Waals surface area contributed by atoms with Crippen LogP contribution in [0.1, 0.15) is 25.8 Å². The van der Waals surface area contributed by atoms with Crippen LogP contribution < -0.4 is 10.2 Å². The summed E-state index contributed by atoms with van der Waals surface area (Å²) in [5, 5.41) is 12.1. The molecule has 1 aromatic rings. The van der Waals surface area contributed by atoms with Crippen molar-refractivity contribution in [3.8, 4) is 6.07 Å². The Morgan fingerprint density at radius 1 is 1.52 bits per heavy atom. The molecule has 1 N–H and O–H groups in total. The number of carbonyl (C=O) groups excluding carboxylic acids is 2. The zero-order valence-corrected chi connectivity index (χ0v) is 15.1. The Hall–Kier alpha value is -2.69. The molecule has 25 heavy (non-hydrogen) atoms. The molecule has 0 radical (unpaired) electrons. The molecule has 1 aliphatic rings. The van der Waals surface area contributed by atoms with Crippen molar-refractivity contribution >= 4 is 23.3 Å². The average Bonchev–Trinajstić information content (AvgIpc) is 3.10. The van der Waals surface area contributed by atoms with Crippen LogP contribution in [0.25, 0.3) is 0 Å². The number of nitrogens with zero attached hydrogens (tertiary/aromatic N) is 5. The molecule has 1 fully saturated rings. The molecule has 2 rings (SSSR count). The van der Waals surface area contributed by atoms with Crippen LogP contribution in [0.4, 0.5) is 11.6 Å². The molecule has 0 spiro atoms. The quantitative estimate of drug-likeness (QED) is 0.763. The van der Waals surface area contributed by atoms with E-state index in [1.165, 1.54) is 13.3 Å². The Kier molecular flexibility index (Phi) is 5.91. The second-order valence-electron chi connectivity index (χ2n) is 6.14. The minimum atomic E-state index is -1.20. The van der Waals surface area contributed by atoms with Gasteiger partial charge in [0.15, 0.2) is 11.7 Å². The molecule has 0 aliphatic carbocycles. The van der Waals surface area contributed by atoms with E-state index in [4.69, 9.17) is 5.26 Å². The predicted octanol–water partition coefficient (Wildman–Crippen LogP) is 0.847. The summed E-state index contributed by atoms with van der Waals surface area (Å²) in [6, 6.07) is 1.89. The number of rotatable bonds is 6. The zero-order chi connectivity index (χ0) is 18.6. The fourth-order valence-electron chi connectivity index (χ4n) is 3.18. The summed E-state index contributed by atoms with van der Waals surface area (Å²) in [6.07, 6.45) is 3.07. The second kappa shape index (κ2) is 7.92. The molecule has 1 aromatic heterocycles. The first-order valence-electron chi connectivity index (χ1n) is 8.37. The maximum absolute atomic E-state index is 12.4. The van der Waals surface area contributed by atoms with Gasteiger partial charge >= 0.3 is 0 Å². The van der Waals surface area contributed by atoms with Gasteiger partial charge in [-0.05, 0) is 19.8 Å². The normalized spacial score (nSPS) is 17.7. The van der Waals surface area contributed by atoms with Crippen molar-refractivity contribution < 1.29 is 9.59 Å². The Morgan fingerprint density at radius 3 is 2.80 bits per heavy atom. The van der Waals surface area contributed by atoms with Gasteiger partial charge in [-0.2, -0.15) is 5.26 Å².